The van der Waals surface area contributed by atoms with Crippen LogP contribution in [0, 0.1) is 23.2 Å². The number of hydrogen-bond donors (Lipinski definition) is 0. The molecule has 4 bridgehead atoms. The Labute approximate surface area is 135 Å². The molecule has 0 radical (unpaired) electrons. The van der Waals surface area contributed by atoms with Crippen LogP contribution in [0.3, 0.4) is 0 Å². The molecular formula is C17H25FO5. The molecule has 0 aliphatic heterocycles. The molecule has 0 saturated heterocycles. The second-order valence-corrected chi connectivity index (χ2v) is 7.53. The molecule has 0 spiro atoms. The van der Waals surface area contributed by atoms with Crippen molar-refractivity contribution in [3.05, 3.63) is 0 Å². The molecule has 130 valence electrons. The first-order chi connectivity index (χ1) is 11.0. The molecule has 6 heteroatoms. The maximum atomic E-state index is 12.9. The highest BCUT2D eigenvalue weighted by Gasteiger charge is 2.55. The van der Waals surface area contributed by atoms with Crippen LogP contribution in [0.15, 0.2) is 0 Å². The molecule has 23 heavy (non-hydrogen) atoms. The normalized spacial score (nSPS) is 37.2. The van der Waals surface area contributed by atoms with Crippen molar-refractivity contribution in [1.82, 2.24) is 0 Å². The number of halogens is 1. The summed E-state index contributed by atoms with van der Waals surface area (Å²) in [5, 5.41) is 0. The van der Waals surface area contributed by atoms with Gasteiger partial charge in [0.25, 0.3) is 6.47 Å². The van der Waals surface area contributed by atoms with Gasteiger partial charge in [0, 0.05) is 0 Å². The van der Waals surface area contributed by atoms with Gasteiger partial charge in [-0.1, -0.05) is 0 Å². The Bertz CT molecular complexity index is 415. The molecule has 4 saturated carbocycles. The molecule has 2 atom stereocenters. The van der Waals surface area contributed by atoms with Gasteiger partial charge in [-0.05, 0) is 63.2 Å². The molecule has 2 unspecified atom stereocenters. The standard InChI is InChI=1S/C17H25FO5/c1-11(18)22-9-15(8-21-10-19)23-16(20)17-5-12-2-13(6-17)4-14(3-12)7-17/h10-15H,2-9H2,1H3. The Kier molecular flexibility index (Phi) is 4.90. The van der Waals surface area contributed by atoms with Crippen LogP contribution in [0.25, 0.3) is 0 Å². The van der Waals surface area contributed by atoms with Crippen molar-refractivity contribution in [2.45, 2.75) is 57.9 Å². The minimum Gasteiger partial charge on any atom is -0.464 e. The summed E-state index contributed by atoms with van der Waals surface area (Å²) in [7, 11) is 0. The van der Waals surface area contributed by atoms with E-state index in [1.807, 2.05) is 0 Å². The second kappa shape index (κ2) is 6.75. The summed E-state index contributed by atoms with van der Waals surface area (Å²) >= 11 is 0. The number of rotatable bonds is 8. The van der Waals surface area contributed by atoms with Gasteiger partial charge >= 0.3 is 5.97 Å². The van der Waals surface area contributed by atoms with E-state index in [2.05, 4.69) is 4.74 Å². The first-order valence-electron chi connectivity index (χ1n) is 8.53. The van der Waals surface area contributed by atoms with E-state index in [-0.39, 0.29) is 24.6 Å². The third kappa shape index (κ3) is 3.67. The van der Waals surface area contributed by atoms with Crippen molar-refractivity contribution >= 4 is 12.4 Å². The summed E-state index contributed by atoms with van der Waals surface area (Å²) < 4.78 is 28.0. The van der Waals surface area contributed by atoms with Crippen LogP contribution in [0.1, 0.15) is 45.4 Å². The molecule has 0 heterocycles. The molecule has 0 aromatic rings. The Morgan fingerprint density at radius 3 is 2.22 bits per heavy atom. The Morgan fingerprint density at radius 1 is 1.17 bits per heavy atom. The third-order valence-electron chi connectivity index (χ3n) is 5.61. The molecule has 4 rings (SSSR count). The fourth-order valence-electron chi connectivity index (χ4n) is 5.14. The highest BCUT2D eigenvalue weighted by Crippen LogP contribution is 2.60. The zero-order valence-corrected chi connectivity index (χ0v) is 13.5. The van der Waals surface area contributed by atoms with Gasteiger partial charge in [0.15, 0.2) is 12.5 Å². The average molecular weight is 328 g/mol. The highest BCUT2D eigenvalue weighted by molar-refractivity contribution is 5.77. The summed E-state index contributed by atoms with van der Waals surface area (Å²) in [6.45, 7) is 1.35. The topological polar surface area (TPSA) is 61.8 Å². The SMILES string of the molecule is CC(F)OCC(COC=O)OC(=O)C12CC3CC(CC(C3)C1)C2. The van der Waals surface area contributed by atoms with E-state index in [0.717, 1.165) is 19.3 Å². The van der Waals surface area contributed by atoms with Gasteiger partial charge in [0.2, 0.25) is 0 Å². The van der Waals surface area contributed by atoms with Crippen LogP contribution in [0.4, 0.5) is 4.39 Å². The first kappa shape index (κ1) is 16.7. The van der Waals surface area contributed by atoms with Crippen LogP contribution in [0.2, 0.25) is 0 Å². The van der Waals surface area contributed by atoms with Crippen molar-refractivity contribution in [3.63, 3.8) is 0 Å². The highest BCUT2D eigenvalue weighted by atomic mass is 19.1. The molecule has 4 aliphatic carbocycles. The van der Waals surface area contributed by atoms with Gasteiger partial charge in [-0.15, -0.1) is 0 Å². The maximum Gasteiger partial charge on any atom is 0.312 e. The van der Waals surface area contributed by atoms with E-state index in [9.17, 15) is 14.0 Å². The van der Waals surface area contributed by atoms with Crippen molar-refractivity contribution in [3.8, 4) is 0 Å². The molecule has 0 N–H and O–H groups in total. The molecule has 0 aromatic carbocycles. The van der Waals surface area contributed by atoms with Crippen LogP contribution in [0.5, 0.6) is 0 Å². The van der Waals surface area contributed by atoms with Crippen molar-refractivity contribution in [2.24, 2.45) is 23.2 Å². The van der Waals surface area contributed by atoms with Gasteiger partial charge < -0.3 is 14.2 Å². The van der Waals surface area contributed by atoms with Crippen LogP contribution < -0.4 is 0 Å². The lowest BCUT2D eigenvalue weighted by Gasteiger charge is -2.55. The molecule has 4 fully saturated rings. The summed E-state index contributed by atoms with van der Waals surface area (Å²) in [6.07, 6.45) is 4.23. The lowest BCUT2D eigenvalue weighted by Crippen LogP contribution is -2.51. The van der Waals surface area contributed by atoms with Gasteiger partial charge in [-0.3, -0.25) is 9.59 Å². The summed E-state index contributed by atoms with van der Waals surface area (Å²) in [5.41, 5.74) is -0.379. The van der Waals surface area contributed by atoms with E-state index < -0.39 is 12.5 Å². The number of carbonyl (C=O) groups is 2. The Balaban J connectivity index is 1.62. The predicted octanol–water partition coefficient (Wildman–Crippen LogP) is 2.62. The number of hydrogen-bond acceptors (Lipinski definition) is 5. The summed E-state index contributed by atoms with van der Waals surface area (Å²) in [5.74, 6) is 1.70. The molecule has 4 aliphatic rings. The second-order valence-electron chi connectivity index (χ2n) is 7.53. The fraction of sp³-hybridized carbons (Fsp3) is 0.882. The monoisotopic (exact) mass is 328 g/mol. The lowest BCUT2D eigenvalue weighted by atomic mass is 9.49. The number of esters is 1. The van der Waals surface area contributed by atoms with Crippen molar-refractivity contribution in [2.75, 3.05) is 13.2 Å². The van der Waals surface area contributed by atoms with Gasteiger partial charge in [-0.2, -0.15) is 0 Å². The van der Waals surface area contributed by atoms with Crippen molar-refractivity contribution < 1.29 is 28.2 Å². The minimum absolute atomic E-state index is 0.103. The minimum atomic E-state index is -1.45. The maximum absolute atomic E-state index is 12.9. The lowest BCUT2D eigenvalue weighted by molar-refractivity contribution is -0.186. The third-order valence-corrected chi connectivity index (χ3v) is 5.61. The smallest absolute Gasteiger partial charge is 0.312 e. The van der Waals surface area contributed by atoms with Gasteiger partial charge in [-0.25, -0.2) is 4.39 Å². The molecule has 0 aromatic heterocycles. The molecular weight excluding hydrogens is 303 g/mol. The summed E-state index contributed by atoms with van der Waals surface area (Å²) in [4.78, 5) is 23.2. The molecule has 0 amide bonds. The van der Waals surface area contributed by atoms with E-state index >= 15 is 0 Å². The van der Waals surface area contributed by atoms with Crippen LogP contribution in [-0.4, -0.2) is 38.1 Å². The number of carbonyl (C=O) groups excluding carboxylic acids is 2. The average Bonchev–Trinajstić information content (AvgIpc) is 2.48. The van der Waals surface area contributed by atoms with Crippen molar-refractivity contribution in [1.29, 1.82) is 0 Å². The van der Waals surface area contributed by atoms with E-state index in [1.165, 1.54) is 26.2 Å². The zero-order valence-electron chi connectivity index (χ0n) is 13.5. The van der Waals surface area contributed by atoms with E-state index in [1.54, 1.807) is 0 Å². The fourth-order valence-corrected chi connectivity index (χ4v) is 5.14. The Morgan fingerprint density at radius 2 is 1.74 bits per heavy atom. The van der Waals surface area contributed by atoms with E-state index in [0.29, 0.717) is 24.2 Å². The quantitative estimate of drug-likeness (QED) is 0.506. The predicted molar refractivity (Wildman–Crippen MR) is 79.0 cm³/mol. The number of alkyl halides is 1. The molecule has 5 nitrogen and oxygen atoms in total. The largest absolute Gasteiger partial charge is 0.464 e. The number of ether oxygens (including phenoxy) is 3. The van der Waals surface area contributed by atoms with Gasteiger partial charge in [0.1, 0.15) is 6.61 Å². The van der Waals surface area contributed by atoms with E-state index in [4.69, 9.17) is 9.47 Å². The summed E-state index contributed by atoms with van der Waals surface area (Å²) in [6, 6.07) is 0. The van der Waals surface area contributed by atoms with Crippen LogP contribution >= 0.6 is 0 Å². The van der Waals surface area contributed by atoms with Crippen LogP contribution in [-0.2, 0) is 23.8 Å². The van der Waals surface area contributed by atoms with Gasteiger partial charge in [0.05, 0.1) is 12.0 Å². The zero-order chi connectivity index (χ0) is 16.4. The Hall–Kier alpha value is -1.17. The first-order valence-corrected chi connectivity index (χ1v) is 8.53.